The van der Waals surface area contributed by atoms with E-state index in [4.69, 9.17) is 0 Å². The van der Waals surface area contributed by atoms with E-state index in [2.05, 4.69) is 10.1 Å². The van der Waals surface area contributed by atoms with Gasteiger partial charge in [0, 0.05) is 12.7 Å². The van der Waals surface area contributed by atoms with Gasteiger partial charge in [-0.15, -0.1) is 11.3 Å². The Labute approximate surface area is 166 Å². The molecule has 28 heavy (non-hydrogen) atoms. The number of nitrogens with one attached hydrogen (secondary N) is 1. The minimum Gasteiger partial charge on any atom is -0.465 e. The van der Waals surface area contributed by atoms with E-state index in [1.807, 2.05) is 11.4 Å². The number of carbonyl (C=O) groups excluding carboxylic acids is 3. The number of amides is 2. The van der Waals surface area contributed by atoms with Gasteiger partial charge < -0.3 is 15.0 Å². The Bertz CT molecular complexity index is 998. The first-order valence-corrected chi connectivity index (χ1v) is 9.29. The highest BCUT2D eigenvalue weighted by Gasteiger charge is 2.20. The van der Waals surface area contributed by atoms with Crippen molar-refractivity contribution in [3.63, 3.8) is 0 Å². The first kappa shape index (κ1) is 19.3. The normalized spacial score (nSPS) is 10.2. The van der Waals surface area contributed by atoms with Crippen LogP contribution >= 0.6 is 11.3 Å². The molecule has 1 aromatic heterocycles. The highest BCUT2D eigenvalue weighted by molar-refractivity contribution is 7.12. The lowest BCUT2D eigenvalue weighted by Gasteiger charge is -2.20. The molecule has 0 atom stereocenters. The lowest BCUT2D eigenvalue weighted by molar-refractivity contribution is 0.0600. The molecule has 7 heteroatoms. The maximum Gasteiger partial charge on any atom is 0.337 e. The standard InChI is InChI=1S/C21H18N2O4S/c1-23(20(25)18-8-5-13-28-18)17-7-4-3-6-16(17)19(24)22-15-11-9-14(10-12-15)21(26)27-2/h3-13H,1-2H3,(H,22,24). The van der Waals surface area contributed by atoms with Gasteiger partial charge in [-0.3, -0.25) is 9.59 Å². The number of nitrogens with zero attached hydrogens (tertiary/aromatic N) is 1. The Hall–Kier alpha value is -3.45. The molecule has 142 valence electrons. The quantitative estimate of drug-likeness (QED) is 0.662. The van der Waals surface area contributed by atoms with Gasteiger partial charge in [-0.2, -0.15) is 0 Å². The van der Waals surface area contributed by atoms with Crippen molar-refractivity contribution < 1.29 is 19.1 Å². The minimum atomic E-state index is -0.447. The number of benzene rings is 2. The van der Waals surface area contributed by atoms with Gasteiger partial charge in [-0.05, 0) is 47.8 Å². The molecule has 0 aliphatic carbocycles. The number of rotatable bonds is 5. The van der Waals surface area contributed by atoms with Crippen LogP contribution in [0.25, 0.3) is 0 Å². The van der Waals surface area contributed by atoms with Crippen molar-refractivity contribution in [2.75, 3.05) is 24.4 Å². The number of esters is 1. The lowest BCUT2D eigenvalue weighted by Crippen LogP contribution is -2.28. The fraction of sp³-hybridized carbons (Fsp3) is 0.0952. The predicted octanol–water partition coefficient (Wildman–Crippen LogP) is 4.06. The van der Waals surface area contributed by atoms with E-state index < -0.39 is 5.97 Å². The third-order valence-corrected chi connectivity index (χ3v) is 4.97. The lowest BCUT2D eigenvalue weighted by atomic mass is 10.1. The molecule has 2 amide bonds. The van der Waals surface area contributed by atoms with Crippen LogP contribution in [0.3, 0.4) is 0 Å². The fourth-order valence-corrected chi connectivity index (χ4v) is 3.34. The maximum atomic E-state index is 12.8. The Balaban J connectivity index is 1.81. The summed E-state index contributed by atoms with van der Waals surface area (Å²) in [4.78, 5) is 39.0. The van der Waals surface area contributed by atoms with Crippen molar-refractivity contribution in [1.29, 1.82) is 0 Å². The third kappa shape index (κ3) is 4.10. The van der Waals surface area contributed by atoms with Crippen LogP contribution < -0.4 is 10.2 Å². The van der Waals surface area contributed by atoms with Crippen LogP contribution in [0.5, 0.6) is 0 Å². The first-order chi connectivity index (χ1) is 13.5. The molecule has 0 spiro atoms. The average Bonchev–Trinajstić information content (AvgIpc) is 3.27. The number of hydrogen-bond acceptors (Lipinski definition) is 5. The number of carbonyl (C=O) groups is 3. The van der Waals surface area contributed by atoms with Crippen LogP contribution in [-0.4, -0.2) is 31.9 Å². The van der Waals surface area contributed by atoms with E-state index in [9.17, 15) is 14.4 Å². The zero-order valence-corrected chi connectivity index (χ0v) is 16.2. The first-order valence-electron chi connectivity index (χ1n) is 8.41. The van der Waals surface area contributed by atoms with Gasteiger partial charge in [0.25, 0.3) is 11.8 Å². The van der Waals surface area contributed by atoms with Crippen molar-refractivity contribution >= 4 is 40.5 Å². The topological polar surface area (TPSA) is 75.7 Å². The highest BCUT2D eigenvalue weighted by atomic mass is 32.1. The molecular weight excluding hydrogens is 376 g/mol. The van der Waals surface area contributed by atoms with E-state index in [1.165, 1.54) is 23.3 Å². The SMILES string of the molecule is COC(=O)c1ccc(NC(=O)c2ccccc2N(C)C(=O)c2cccs2)cc1. The second-order valence-corrected chi connectivity index (χ2v) is 6.83. The molecule has 3 rings (SSSR count). The summed E-state index contributed by atoms with van der Waals surface area (Å²) in [6.45, 7) is 0. The molecule has 0 bridgehead atoms. The molecule has 0 fully saturated rings. The maximum absolute atomic E-state index is 12.8. The number of anilines is 2. The van der Waals surface area contributed by atoms with Crippen molar-refractivity contribution in [2.24, 2.45) is 0 Å². The number of para-hydroxylation sites is 1. The second-order valence-electron chi connectivity index (χ2n) is 5.88. The molecule has 0 aliphatic heterocycles. The number of hydrogen-bond donors (Lipinski definition) is 1. The highest BCUT2D eigenvalue weighted by Crippen LogP contribution is 2.24. The zero-order chi connectivity index (χ0) is 20.1. The second kappa shape index (κ2) is 8.49. The summed E-state index contributed by atoms with van der Waals surface area (Å²) in [6, 6.07) is 16.8. The summed E-state index contributed by atoms with van der Waals surface area (Å²) < 4.78 is 4.66. The molecular formula is C21H18N2O4S. The van der Waals surface area contributed by atoms with Gasteiger partial charge in [0.1, 0.15) is 0 Å². The Kier molecular flexibility index (Phi) is 5.86. The summed E-state index contributed by atoms with van der Waals surface area (Å²) in [5.41, 5.74) is 1.79. The smallest absolute Gasteiger partial charge is 0.337 e. The number of ether oxygens (including phenoxy) is 1. The largest absolute Gasteiger partial charge is 0.465 e. The fourth-order valence-electron chi connectivity index (χ4n) is 2.64. The minimum absolute atomic E-state index is 0.183. The van der Waals surface area contributed by atoms with E-state index >= 15 is 0 Å². The molecule has 0 aliphatic rings. The molecule has 2 aromatic carbocycles. The molecule has 3 aromatic rings. The summed E-state index contributed by atoms with van der Waals surface area (Å²) in [6.07, 6.45) is 0. The van der Waals surface area contributed by atoms with Crippen molar-refractivity contribution in [2.45, 2.75) is 0 Å². The molecule has 0 unspecified atom stereocenters. The van der Waals surface area contributed by atoms with Crippen LogP contribution in [0.15, 0.2) is 66.0 Å². The van der Waals surface area contributed by atoms with E-state index in [0.29, 0.717) is 27.4 Å². The molecule has 0 saturated carbocycles. The van der Waals surface area contributed by atoms with Crippen LogP contribution in [-0.2, 0) is 4.74 Å². The third-order valence-electron chi connectivity index (χ3n) is 4.11. The summed E-state index contributed by atoms with van der Waals surface area (Å²) in [5, 5.41) is 4.62. The summed E-state index contributed by atoms with van der Waals surface area (Å²) >= 11 is 1.35. The van der Waals surface area contributed by atoms with Crippen molar-refractivity contribution in [3.8, 4) is 0 Å². The van der Waals surface area contributed by atoms with Gasteiger partial charge in [0.2, 0.25) is 0 Å². The molecule has 0 saturated heterocycles. The summed E-state index contributed by atoms with van der Waals surface area (Å²) in [7, 11) is 2.95. The van der Waals surface area contributed by atoms with Crippen LogP contribution in [0.4, 0.5) is 11.4 Å². The molecule has 6 nitrogen and oxygen atoms in total. The predicted molar refractivity (Wildman–Crippen MR) is 109 cm³/mol. The Morgan fingerprint density at radius 2 is 1.68 bits per heavy atom. The molecule has 0 radical (unpaired) electrons. The van der Waals surface area contributed by atoms with Crippen LogP contribution in [0, 0.1) is 0 Å². The Morgan fingerprint density at radius 3 is 2.32 bits per heavy atom. The van der Waals surface area contributed by atoms with E-state index in [0.717, 1.165) is 0 Å². The molecule has 1 heterocycles. The number of thiophene rings is 1. The summed E-state index contributed by atoms with van der Waals surface area (Å²) in [5.74, 6) is -0.984. The number of methoxy groups -OCH3 is 1. The van der Waals surface area contributed by atoms with Crippen LogP contribution in [0.1, 0.15) is 30.4 Å². The van der Waals surface area contributed by atoms with Gasteiger partial charge in [0.15, 0.2) is 0 Å². The van der Waals surface area contributed by atoms with Crippen LogP contribution in [0.2, 0.25) is 0 Å². The van der Waals surface area contributed by atoms with Gasteiger partial charge in [0.05, 0.1) is 28.8 Å². The zero-order valence-electron chi connectivity index (χ0n) is 15.3. The van der Waals surface area contributed by atoms with Crippen molar-refractivity contribution in [3.05, 3.63) is 82.0 Å². The van der Waals surface area contributed by atoms with Gasteiger partial charge in [-0.25, -0.2) is 4.79 Å². The van der Waals surface area contributed by atoms with E-state index in [-0.39, 0.29) is 11.8 Å². The van der Waals surface area contributed by atoms with Crippen molar-refractivity contribution in [1.82, 2.24) is 0 Å². The Morgan fingerprint density at radius 1 is 0.964 bits per heavy atom. The van der Waals surface area contributed by atoms with Gasteiger partial charge >= 0.3 is 5.97 Å². The monoisotopic (exact) mass is 394 g/mol. The average molecular weight is 394 g/mol. The molecule has 1 N–H and O–H groups in total. The van der Waals surface area contributed by atoms with Gasteiger partial charge in [-0.1, -0.05) is 18.2 Å². The van der Waals surface area contributed by atoms with E-state index in [1.54, 1.807) is 61.6 Å².